The second kappa shape index (κ2) is 11.3. The maximum atomic E-state index is 14.6. The van der Waals surface area contributed by atoms with Crippen molar-refractivity contribution >= 4 is 0 Å². The van der Waals surface area contributed by atoms with Gasteiger partial charge in [-0.25, -0.2) is 9.07 Å². The maximum absolute atomic E-state index is 14.6. The molecular formula is C28H36FN3O3. The summed E-state index contributed by atoms with van der Waals surface area (Å²) in [5.74, 6) is 0.367. The van der Waals surface area contributed by atoms with Gasteiger partial charge in [-0.2, -0.15) is 5.10 Å². The molecule has 2 aromatic carbocycles. The molecule has 7 heteroatoms. The van der Waals surface area contributed by atoms with Crippen molar-refractivity contribution in [2.45, 2.75) is 71.2 Å². The molecular weight excluding hydrogens is 445 g/mol. The molecule has 188 valence electrons. The van der Waals surface area contributed by atoms with Gasteiger partial charge in [0.2, 0.25) is 5.88 Å². The summed E-state index contributed by atoms with van der Waals surface area (Å²) in [7, 11) is 0. The van der Waals surface area contributed by atoms with E-state index < -0.39 is 11.9 Å². The summed E-state index contributed by atoms with van der Waals surface area (Å²) >= 11 is 0. The fraction of sp³-hybridized carbons (Fsp3) is 0.464. The van der Waals surface area contributed by atoms with Gasteiger partial charge in [0.25, 0.3) is 0 Å². The molecule has 1 saturated carbocycles. The molecule has 3 aromatic rings. The normalized spacial score (nSPS) is 14.8. The van der Waals surface area contributed by atoms with Crippen LogP contribution in [0.5, 0.6) is 11.6 Å². The molecule has 1 unspecified atom stereocenters. The lowest BCUT2D eigenvalue weighted by molar-refractivity contribution is -0.0108. The van der Waals surface area contributed by atoms with Gasteiger partial charge in [-0.15, -0.1) is 0 Å². The number of aliphatic hydroxyl groups excluding tert-OH is 1. The largest absolute Gasteiger partial charge is 0.435 e. The first-order chi connectivity index (χ1) is 16.8. The summed E-state index contributed by atoms with van der Waals surface area (Å²) in [6, 6.07) is 16.6. The number of ether oxygens (including phenoxy) is 2. The van der Waals surface area contributed by atoms with Gasteiger partial charge in [-0.1, -0.05) is 44.2 Å². The lowest BCUT2D eigenvalue weighted by Gasteiger charge is -2.26. The van der Waals surface area contributed by atoms with Gasteiger partial charge < -0.3 is 14.6 Å². The second-order valence-corrected chi connectivity index (χ2v) is 9.80. The van der Waals surface area contributed by atoms with Crippen molar-refractivity contribution in [1.82, 2.24) is 14.7 Å². The number of rotatable bonds is 12. The van der Waals surface area contributed by atoms with Crippen molar-refractivity contribution in [2.24, 2.45) is 0 Å². The Morgan fingerprint density at radius 1 is 1.06 bits per heavy atom. The number of aromatic nitrogens is 2. The van der Waals surface area contributed by atoms with Gasteiger partial charge in [-0.05, 0) is 56.9 Å². The molecule has 1 heterocycles. The fourth-order valence-corrected chi connectivity index (χ4v) is 4.16. The van der Waals surface area contributed by atoms with Crippen LogP contribution in [0.4, 0.5) is 4.39 Å². The Kier molecular flexibility index (Phi) is 8.21. The lowest BCUT2D eigenvalue weighted by Crippen LogP contribution is -2.36. The summed E-state index contributed by atoms with van der Waals surface area (Å²) < 4.78 is 28.3. The highest BCUT2D eigenvalue weighted by atomic mass is 19.1. The molecule has 0 bridgehead atoms. The van der Waals surface area contributed by atoms with Gasteiger partial charge in [0.15, 0.2) is 11.6 Å². The number of halogens is 1. The van der Waals surface area contributed by atoms with Crippen LogP contribution in [-0.2, 0) is 11.3 Å². The minimum absolute atomic E-state index is 0.0662. The van der Waals surface area contributed by atoms with Crippen LogP contribution in [0.1, 0.15) is 57.7 Å². The fourth-order valence-electron chi connectivity index (χ4n) is 4.16. The van der Waals surface area contributed by atoms with Crippen molar-refractivity contribution in [3.05, 3.63) is 71.7 Å². The zero-order chi connectivity index (χ0) is 24.9. The van der Waals surface area contributed by atoms with Crippen molar-refractivity contribution in [3.63, 3.8) is 0 Å². The van der Waals surface area contributed by atoms with Crippen molar-refractivity contribution in [3.8, 4) is 17.3 Å². The minimum Gasteiger partial charge on any atom is -0.435 e. The van der Waals surface area contributed by atoms with Gasteiger partial charge in [-0.3, -0.25) is 4.90 Å². The summed E-state index contributed by atoms with van der Waals surface area (Å²) in [5.41, 5.74) is 2.66. The predicted molar refractivity (Wildman–Crippen MR) is 135 cm³/mol. The standard InChI is InChI=1S/C28H36FN3O3/c1-19(2)27-24(17-31(21-14-15-21)16-23(33)18-34-20(3)4)28(35-26-13-9-8-12-25(26)29)32(30-27)22-10-6-5-7-11-22/h5-13,19-21,23,33H,14-18H2,1-4H3. The number of benzene rings is 2. The van der Waals surface area contributed by atoms with Crippen molar-refractivity contribution < 1.29 is 19.0 Å². The first-order valence-electron chi connectivity index (χ1n) is 12.5. The molecule has 4 rings (SSSR count). The van der Waals surface area contributed by atoms with Gasteiger partial charge in [0.05, 0.1) is 35.8 Å². The molecule has 1 atom stereocenters. The summed E-state index contributed by atoms with van der Waals surface area (Å²) in [4.78, 5) is 2.28. The molecule has 0 amide bonds. The lowest BCUT2D eigenvalue weighted by atomic mass is 10.1. The summed E-state index contributed by atoms with van der Waals surface area (Å²) in [6.45, 7) is 9.45. The van der Waals surface area contributed by atoms with E-state index in [-0.39, 0.29) is 17.8 Å². The predicted octanol–water partition coefficient (Wildman–Crippen LogP) is 5.68. The summed E-state index contributed by atoms with van der Waals surface area (Å²) in [5, 5.41) is 15.6. The van der Waals surface area contributed by atoms with E-state index in [1.165, 1.54) is 6.07 Å². The van der Waals surface area contributed by atoms with E-state index in [0.717, 1.165) is 29.8 Å². The van der Waals surface area contributed by atoms with Gasteiger partial charge in [0.1, 0.15) is 0 Å². The van der Waals surface area contributed by atoms with Crippen molar-refractivity contribution in [2.75, 3.05) is 13.2 Å². The first kappa shape index (κ1) is 25.4. The van der Waals surface area contributed by atoms with Crippen LogP contribution in [0, 0.1) is 5.82 Å². The minimum atomic E-state index is -0.597. The molecule has 1 N–H and O–H groups in total. The monoisotopic (exact) mass is 481 g/mol. The van der Waals surface area contributed by atoms with E-state index >= 15 is 0 Å². The Bertz CT molecular complexity index is 1100. The molecule has 6 nitrogen and oxygen atoms in total. The molecule has 1 fully saturated rings. The van der Waals surface area contributed by atoms with Crippen LogP contribution < -0.4 is 4.74 Å². The molecule has 1 aromatic heterocycles. The highest BCUT2D eigenvalue weighted by Gasteiger charge is 2.33. The maximum Gasteiger partial charge on any atom is 0.227 e. The van der Waals surface area contributed by atoms with E-state index in [2.05, 4.69) is 18.7 Å². The number of hydrogen-bond donors (Lipinski definition) is 1. The third-order valence-electron chi connectivity index (χ3n) is 6.05. The second-order valence-electron chi connectivity index (χ2n) is 9.80. The summed E-state index contributed by atoms with van der Waals surface area (Å²) in [6.07, 6.45) is 1.65. The van der Waals surface area contributed by atoms with E-state index in [1.54, 1.807) is 22.9 Å². The number of hydrogen-bond acceptors (Lipinski definition) is 5. The van der Waals surface area contributed by atoms with Crippen LogP contribution in [0.25, 0.3) is 5.69 Å². The Balaban J connectivity index is 1.72. The Morgan fingerprint density at radius 2 is 1.74 bits per heavy atom. The number of nitrogens with zero attached hydrogens (tertiary/aromatic N) is 3. The zero-order valence-corrected chi connectivity index (χ0v) is 21.0. The number of aliphatic hydroxyl groups is 1. The van der Waals surface area contributed by atoms with Crippen LogP contribution in [-0.4, -0.2) is 51.2 Å². The topological polar surface area (TPSA) is 59.8 Å². The van der Waals surface area contributed by atoms with Gasteiger partial charge in [0, 0.05) is 19.1 Å². The molecule has 35 heavy (non-hydrogen) atoms. The zero-order valence-electron chi connectivity index (χ0n) is 21.0. The SMILES string of the molecule is CC(C)OCC(O)CN(Cc1c(C(C)C)nn(-c2ccccc2)c1Oc1ccccc1F)C1CC1. The third-order valence-corrected chi connectivity index (χ3v) is 6.05. The first-order valence-corrected chi connectivity index (χ1v) is 12.5. The highest BCUT2D eigenvalue weighted by Crippen LogP contribution is 2.37. The Hall–Kier alpha value is -2.74. The molecule has 1 aliphatic carbocycles. The quantitative estimate of drug-likeness (QED) is 0.361. The Labute approximate surface area is 207 Å². The molecule has 1 aliphatic rings. The molecule has 0 aliphatic heterocycles. The van der Waals surface area contributed by atoms with Crippen LogP contribution in [0.3, 0.4) is 0 Å². The van der Waals surface area contributed by atoms with E-state index in [4.69, 9.17) is 14.6 Å². The van der Waals surface area contributed by atoms with Gasteiger partial charge >= 0.3 is 0 Å². The van der Waals surface area contributed by atoms with Crippen LogP contribution in [0.2, 0.25) is 0 Å². The van der Waals surface area contributed by atoms with E-state index in [0.29, 0.717) is 31.6 Å². The number of para-hydroxylation sites is 2. The van der Waals surface area contributed by atoms with E-state index in [1.807, 2.05) is 44.2 Å². The smallest absolute Gasteiger partial charge is 0.227 e. The highest BCUT2D eigenvalue weighted by molar-refractivity contribution is 5.44. The molecule has 0 radical (unpaired) electrons. The van der Waals surface area contributed by atoms with E-state index in [9.17, 15) is 9.50 Å². The van der Waals surface area contributed by atoms with Crippen molar-refractivity contribution in [1.29, 1.82) is 0 Å². The average Bonchev–Trinajstić information content (AvgIpc) is 3.62. The van der Waals surface area contributed by atoms with Crippen LogP contribution in [0.15, 0.2) is 54.6 Å². The molecule has 0 spiro atoms. The van der Waals surface area contributed by atoms with Crippen LogP contribution >= 0.6 is 0 Å². The molecule has 0 saturated heterocycles. The average molecular weight is 482 g/mol. The Morgan fingerprint density at radius 3 is 2.37 bits per heavy atom. The third kappa shape index (κ3) is 6.48.